The standard InChI is InChI=1S/C15H10F5NO/c1-8-2-7-11(13(17)12(8)16)21-14(22)9-3-5-10(6-4-9)15(18,19)20/h2-7H,1H3,(H,21,22). The van der Waals surface area contributed by atoms with E-state index in [0.717, 1.165) is 24.3 Å². The minimum Gasteiger partial charge on any atom is -0.319 e. The Morgan fingerprint density at radius 1 is 0.955 bits per heavy atom. The van der Waals surface area contributed by atoms with Gasteiger partial charge in [-0.15, -0.1) is 0 Å². The van der Waals surface area contributed by atoms with E-state index in [0.29, 0.717) is 0 Å². The molecule has 0 bridgehead atoms. The lowest BCUT2D eigenvalue weighted by Gasteiger charge is -2.10. The monoisotopic (exact) mass is 315 g/mol. The fourth-order valence-electron chi connectivity index (χ4n) is 1.75. The molecule has 0 heterocycles. The first-order chi connectivity index (χ1) is 10.2. The van der Waals surface area contributed by atoms with Crippen molar-refractivity contribution in [2.45, 2.75) is 13.1 Å². The molecule has 0 fully saturated rings. The summed E-state index contributed by atoms with van der Waals surface area (Å²) in [4.78, 5) is 11.8. The van der Waals surface area contributed by atoms with Gasteiger partial charge in [-0.3, -0.25) is 4.79 Å². The number of hydrogen-bond donors (Lipinski definition) is 1. The number of carbonyl (C=O) groups is 1. The summed E-state index contributed by atoms with van der Waals surface area (Å²) in [7, 11) is 0. The highest BCUT2D eigenvalue weighted by molar-refractivity contribution is 6.04. The molecule has 7 heteroatoms. The molecule has 0 atom stereocenters. The van der Waals surface area contributed by atoms with E-state index in [1.807, 2.05) is 0 Å². The van der Waals surface area contributed by atoms with Crippen LogP contribution in [0.1, 0.15) is 21.5 Å². The molecule has 0 aromatic heterocycles. The number of nitrogens with one attached hydrogen (secondary N) is 1. The summed E-state index contributed by atoms with van der Waals surface area (Å²) in [5, 5.41) is 2.12. The van der Waals surface area contributed by atoms with E-state index in [-0.39, 0.29) is 16.8 Å². The van der Waals surface area contributed by atoms with Crippen LogP contribution in [0.25, 0.3) is 0 Å². The fraction of sp³-hybridized carbons (Fsp3) is 0.133. The third kappa shape index (κ3) is 3.24. The van der Waals surface area contributed by atoms with Crippen molar-refractivity contribution < 1.29 is 26.7 Å². The molecule has 116 valence electrons. The van der Waals surface area contributed by atoms with Crippen molar-refractivity contribution in [3.8, 4) is 0 Å². The molecule has 2 rings (SSSR count). The fourth-order valence-corrected chi connectivity index (χ4v) is 1.75. The summed E-state index contributed by atoms with van der Waals surface area (Å²) in [6.07, 6.45) is -4.51. The van der Waals surface area contributed by atoms with Crippen molar-refractivity contribution in [3.05, 3.63) is 64.7 Å². The molecular formula is C15H10F5NO. The topological polar surface area (TPSA) is 29.1 Å². The van der Waals surface area contributed by atoms with E-state index in [9.17, 15) is 26.7 Å². The lowest BCUT2D eigenvalue weighted by Crippen LogP contribution is -2.14. The second-order valence-corrected chi connectivity index (χ2v) is 4.59. The van der Waals surface area contributed by atoms with Crippen LogP contribution in [-0.2, 0) is 6.18 Å². The molecule has 0 aliphatic heterocycles. The van der Waals surface area contributed by atoms with Crippen LogP contribution in [0.2, 0.25) is 0 Å². The molecule has 0 saturated carbocycles. The van der Waals surface area contributed by atoms with Crippen LogP contribution in [0.3, 0.4) is 0 Å². The van der Waals surface area contributed by atoms with E-state index in [1.165, 1.54) is 19.1 Å². The summed E-state index contributed by atoms with van der Waals surface area (Å²) in [6.45, 7) is 1.36. The minimum atomic E-state index is -4.51. The van der Waals surface area contributed by atoms with E-state index in [4.69, 9.17) is 0 Å². The van der Waals surface area contributed by atoms with Gasteiger partial charge in [0.1, 0.15) is 0 Å². The van der Waals surface area contributed by atoms with Crippen LogP contribution in [0.5, 0.6) is 0 Å². The number of halogens is 5. The lowest BCUT2D eigenvalue weighted by atomic mass is 10.1. The molecule has 1 N–H and O–H groups in total. The molecule has 0 radical (unpaired) electrons. The maximum absolute atomic E-state index is 13.6. The Hall–Kier alpha value is -2.44. The number of anilines is 1. The number of carbonyl (C=O) groups excluding carboxylic acids is 1. The number of aryl methyl sites for hydroxylation is 1. The van der Waals surface area contributed by atoms with E-state index in [1.54, 1.807) is 0 Å². The average molecular weight is 315 g/mol. The third-order valence-corrected chi connectivity index (χ3v) is 3.00. The number of amides is 1. The van der Waals surface area contributed by atoms with Crippen molar-refractivity contribution >= 4 is 11.6 Å². The molecular weight excluding hydrogens is 305 g/mol. The van der Waals surface area contributed by atoms with Gasteiger partial charge in [-0.25, -0.2) is 8.78 Å². The van der Waals surface area contributed by atoms with E-state index >= 15 is 0 Å². The minimum absolute atomic E-state index is 0.0741. The predicted octanol–water partition coefficient (Wildman–Crippen LogP) is 4.54. The van der Waals surface area contributed by atoms with Crippen molar-refractivity contribution in [1.29, 1.82) is 0 Å². The van der Waals surface area contributed by atoms with Gasteiger partial charge < -0.3 is 5.32 Å². The van der Waals surface area contributed by atoms with Crippen LogP contribution >= 0.6 is 0 Å². The van der Waals surface area contributed by atoms with Crippen LogP contribution in [-0.4, -0.2) is 5.91 Å². The summed E-state index contributed by atoms with van der Waals surface area (Å²) in [6, 6.07) is 5.85. The van der Waals surface area contributed by atoms with Gasteiger partial charge in [-0.2, -0.15) is 13.2 Å². The van der Waals surface area contributed by atoms with Gasteiger partial charge in [0, 0.05) is 5.56 Å². The van der Waals surface area contributed by atoms with Gasteiger partial charge in [0.25, 0.3) is 5.91 Å². The molecule has 0 spiro atoms. The Labute approximate surface area is 122 Å². The second-order valence-electron chi connectivity index (χ2n) is 4.59. The average Bonchev–Trinajstić information content (AvgIpc) is 2.47. The van der Waals surface area contributed by atoms with E-state index in [2.05, 4.69) is 5.32 Å². The maximum Gasteiger partial charge on any atom is 0.416 e. The molecule has 22 heavy (non-hydrogen) atoms. The SMILES string of the molecule is Cc1ccc(NC(=O)c2ccc(C(F)(F)F)cc2)c(F)c1F. The number of benzene rings is 2. The predicted molar refractivity (Wildman–Crippen MR) is 70.5 cm³/mol. The lowest BCUT2D eigenvalue weighted by molar-refractivity contribution is -0.137. The molecule has 0 unspecified atom stereocenters. The summed E-state index contributed by atoms with van der Waals surface area (Å²) < 4.78 is 64.2. The quantitative estimate of drug-likeness (QED) is 0.810. The van der Waals surface area contributed by atoms with Crippen molar-refractivity contribution in [2.75, 3.05) is 5.32 Å². The Morgan fingerprint density at radius 3 is 2.09 bits per heavy atom. The third-order valence-electron chi connectivity index (χ3n) is 3.00. The first kappa shape index (κ1) is 15.9. The van der Waals surface area contributed by atoms with E-state index < -0.39 is 29.3 Å². The smallest absolute Gasteiger partial charge is 0.319 e. The highest BCUT2D eigenvalue weighted by atomic mass is 19.4. The molecule has 2 aromatic rings. The van der Waals surface area contributed by atoms with Crippen LogP contribution < -0.4 is 5.32 Å². The normalized spacial score (nSPS) is 11.4. The van der Waals surface area contributed by atoms with Gasteiger partial charge in [0.2, 0.25) is 0 Å². The first-order valence-corrected chi connectivity index (χ1v) is 6.13. The largest absolute Gasteiger partial charge is 0.416 e. The van der Waals surface area contributed by atoms with Gasteiger partial charge >= 0.3 is 6.18 Å². The number of hydrogen-bond acceptors (Lipinski definition) is 1. The Bertz CT molecular complexity index is 707. The van der Waals surface area contributed by atoms with Crippen molar-refractivity contribution in [2.24, 2.45) is 0 Å². The summed E-state index contributed by atoms with van der Waals surface area (Å²) >= 11 is 0. The molecule has 0 aliphatic rings. The zero-order valence-electron chi connectivity index (χ0n) is 11.3. The number of alkyl halides is 3. The van der Waals surface area contributed by atoms with Crippen LogP contribution in [0.4, 0.5) is 27.6 Å². The van der Waals surface area contributed by atoms with Gasteiger partial charge in [0.05, 0.1) is 11.3 Å². The Balaban J connectivity index is 2.21. The summed E-state index contributed by atoms with van der Waals surface area (Å²) in [5.74, 6) is -3.15. The van der Waals surface area contributed by atoms with Crippen LogP contribution in [0.15, 0.2) is 36.4 Å². The molecule has 0 aliphatic carbocycles. The second kappa shape index (κ2) is 5.75. The van der Waals surface area contributed by atoms with Gasteiger partial charge in [-0.05, 0) is 42.8 Å². The highest BCUT2D eigenvalue weighted by Gasteiger charge is 2.30. The Morgan fingerprint density at radius 2 is 1.55 bits per heavy atom. The molecule has 1 amide bonds. The number of rotatable bonds is 2. The Kier molecular flexibility index (Phi) is 4.16. The zero-order valence-corrected chi connectivity index (χ0v) is 11.3. The van der Waals surface area contributed by atoms with Gasteiger partial charge in [-0.1, -0.05) is 6.07 Å². The highest BCUT2D eigenvalue weighted by Crippen LogP contribution is 2.29. The molecule has 0 saturated heterocycles. The first-order valence-electron chi connectivity index (χ1n) is 6.13. The molecule has 2 nitrogen and oxygen atoms in total. The molecule has 2 aromatic carbocycles. The van der Waals surface area contributed by atoms with Crippen molar-refractivity contribution in [1.82, 2.24) is 0 Å². The zero-order chi connectivity index (χ0) is 16.5. The van der Waals surface area contributed by atoms with Gasteiger partial charge in [0.15, 0.2) is 11.6 Å². The summed E-state index contributed by atoms with van der Waals surface area (Å²) in [5.41, 5.74) is -1.32. The maximum atomic E-state index is 13.6. The van der Waals surface area contributed by atoms with Crippen molar-refractivity contribution in [3.63, 3.8) is 0 Å². The van der Waals surface area contributed by atoms with Crippen LogP contribution in [0, 0.1) is 18.6 Å².